The number of nitriles is 1. The lowest BCUT2D eigenvalue weighted by atomic mass is 9.84. The van der Waals surface area contributed by atoms with Crippen molar-refractivity contribution >= 4 is 10.9 Å². The molecule has 1 aliphatic heterocycles. The minimum absolute atomic E-state index is 0.625. The molecule has 0 spiro atoms. The van der Waals surface area contributed by atoms with E-state index in [-0.39, 0.29) is 0 Å². The van der Waals surface area contributed by atoms with Crippen molar-refractivity contribution in [3.63, 3.8) is 0 Å². The van der Waals surface area contributed by atoms with Gasteiger partial charge in [0.25, 0.3) is 0 Å². The third-order valence-electron chi connectivity index (χ3n) is 5.31. The monoisotopic (exact) mass is 359 g/mol. The first-order valence-electron chi connectivity index (χ1n) is 9.06. The number of aliphatic hydroxyl groups is 1. The van der Waals surface area contributed by atoms with Crippen molar-refractivity contribution in [2.45, 2.75) is 18.4 Å². The van der Waals surface area contributed by atoms with Crippen LogP contribution < -0.4 is 10.1 Å². The van der Waals surface area contributed by atoms with Crippen molar-refractivity contribution in [2.24, 2.45) is 0 Å². The molecule has 136 valence electrons. The molecule has 4 rings (SSSR count). The van der Waals surface area contributed by atoms with Crippen LogP contribution in [0.15, 0.2) is 48.7 Å². The quantitative estimate of drug-likeness (QED) is 0.750. The fraction of sp³-hybridized carbons (Fsp3) is 0.273. The normalized spacial score (nSPS) is 16.0. The predicted molar refractivity (Wildman–Crippen MR) is 104 cm³/mol. The average molecular weight is 359 g/mol. The number of pyridine rings is 1. The number of ether oxygens (including phenoxy) is 1. The summed E-state index contributed by atoms with van der Waals surface area (Å²) < 4.78 is 5.74. The smallest absolute Gasteiger partial charge is 0.135 e. The molecule has 1 aromatic heterocycles. The highest BCUT2D eigenvalue weighted by molar-refractivity contribution is 5.97. The number of fused-ring (bicyclic) bond motifs is 1. The van der Waals surface area contributed by atoms with Crippen LogP contribution in [0, 0.1) is 11.3 Å². The molecule has 2 N–H and O–H groups in total. The number of piperidine rings is 1. The van der Waals surface area contributed by atoms with E-state index in [2.05, 4.69) is 11.4 Å². The molecule has 0 amide bonds. The van der Waals surface area contributed by atoms with Crippen LogP contribution in [0.5, 0.6) is 5.75 Å². The average Bonchev–Trinajstić information content (AvgIpc) is 2.73. The van der Waals surface area contributed by atoms with Crippen molar-refractivity contribution in [3.05, 3.63) is 59.8 Å². The van der Waals surface area contributed by atoms with Gasteiger partial charge in [-0.05, 0) is 49.7 Å². The van der Waals surface area contributed by atoms with Gasteiger partial charge in [0.2, 0.25) is 0 Å². The Hall–Kier alpha value is -2.94. The number of aromatic nitrogens is 1. The van der Waals surface area contributed by atoms with E-state index < -0.39 is 5.60 Å². The number of hydrogen-bond donors (Lipinski definition) is 2. The van der Waals surface area contributed by atoms with Gasteiger partial charge >= 0.3 is 0 Å². The number of nitrogens with one attached hydrogen (secondary N) is 1. The summed E-state index contributed by atoms with van der Waals surface area (Å²) >= 11 is 0. The van der Waals surface area contributed by atoms with Crippen molar-refractivity contribution in [2.75, 3.05) is 20.2 Å². The highest BCUT2D eigenvalue weighted by Gasteiger charge is 2.35. The van der Waals surface area contributed by atoms with Crippen LogP contribution in [0.2, 0.25) is 0 Å². The van der Waals surface area contributed by atoms with E-state index in [1.165, 1.54) is 0 Å². The van der Waals surface area contributed by atoms with Gasteiger partial charge in [-0.25, -0.2) is 0 Å². The Morgan fingerprint density at radius 3 is 2.56 bits per heavy atom. The molecular weight excluding hydrogens is 338 g/mol. The van der Waals surface area contributed by atoms with Crippen LogP contribution in [0.1, 0.15) is 24.0 Å². The molecule has 1 fully saturated rings. The molecule has 1 aliphatic rings. The molecule has 0 atom stereocenters. The summed E-state index contributed by atoms with van der Waals surface area (Å²) in [4.78, 5) is 4.70. The molecule has 0 radical (unpaired) electrons. The Balaban J connectivity index is 1.88. The maximum atomic E-state index is 11.2. The highest BCUT2D eigenvalue weighted by Crippen LogP contribution is 2.41. The van der Waals surface area contributed by atoms with Gasteiger partial charge < -0.3 is 15.2 Å². The number of methoxy groups -OCH3 is 1. The minimum Gasteiger partial charge on any atom is -0.496 e. The van der Waals surface area contributed by atoms with Gasteiger partial charge in [-0.2, -0.15) is 5.26 Å². The molecule has 5 heteroatoms. The molecule has 0 unspecified atom stereocenters. The van der Waals surface area contributed by atoms with Crippen LogP contribution in [0.25, 0.3) is 22.0 Å². The van der Waals surface area contributed by atoms with Gasteiger partial charge in [0.15, 0.2) is 0 Å². The second-order valence-corrected chi connectivity index (χ2v) is 6.88. The molecule has 2 heterocycles. The molecule has 2 aromatic carbocycles. The second-order valence-electron chi connectivity index (χ2n) is 6.88. The van der Waals surface area contributed by atoms with Crippen LogP contribution in [0.4, 0.5) is 0 Å². The van der Waals surface area contributed by atoms with E-state index in [9.17, 15) is 5.11 Å². The maximum Gasteiger partial charge on any atom is 0.135 e. The van der Waals surface area contributed by atoms with Crippen molar-refractivity contribution in [1.82, 2.24) is 10.3 Å². The molecule has 3 aromatic rings. The minimum atomic E-state index is -0.928. The summed E-state index contributed by atoms with van der Waals surface area (Å²) in [6.45, 7) is 1.53. The first-order chi connectivity index (χ1) is 13.2. The fourth-order valence-electron chi connectivity index (χ4n) is 3.82. The molecule has 0 bridgehead atoms. The van der Waals surface area contributed by atoms with Crippen molar-refractivity contribution in [3.8, 4) is 22.9 Å². The molecule has 5 nitrogen and oxygen atoms in total. The second kappa shape index (κ2) is 6.99. The first kappa shape index (κ1) is 17.5. The zero-order valence-corrected chi connectivity index (χ0v) is 15.2. The fourth-order valence-corrected chi connectivity index (χ4v) is 3.82. The summed E-state index contributed by atoms with van der Waals surface area (Å²) in [7, 11) is 1.64. The molecule has 0 aliphatic carbocycles. The van der Waals surface area contributed by atoms with Gasteiger partial charge in [0.1, 0.15) is 5.75 Å². The summed E-state index contributed by atoms with van der Waals surface area (Å²) in [5.74, 6) is 0.680. The molecule has 1 saturated heterocycles. The number of hydrogen-bond acceptors (Lipinski definition) is 5. The molecule has 27 heavy (non-hydrogen) atoms. The Bertz CT molecular complexity index is 1020. The third kappa shape index (κ3) is 3.03. The number of nitrogens with zero attached hydrogens (tertiary/aromatic N) is 2. The lowest BCUT2D eigenvalue weighted by Crippen LogP contribution is -2.40. The van der Waals surface area contributed by atoms with E-state index in [0.29, 0.717) is 24.2 Å². The lowest BCUT2D eigenvalue weighted by molar-refractivity contribution is 0.00383. The van der Waals surface area contributed by atoms with Crippen molar-refractivity contribution in [1.29, 1.82) is 5.26 Å². The summed E-state index contributed by atoms with van der Waals surface area (Å²) in [6, 6.07) is 15.6. The zero-order chi connectivity index (χ0) is 18.9. The maximum absolute atomic E-state index is 11.2. The van der Waals surface area contributed by atoms with Crippen LogP contribution >= 0.6 is 0 Å². The Kier molecular flexibility index (Phi) is 4.53. The van der Waals surface area contributed by atoms with Gasteiger partial charge in [-0.1, -0.05) is 24.3 Å². The summed E-state index contributed by atoms with van der Waals surface area (Å²) in [5, 5.41) is 24.3. The van der Waals surface area contributed by atoms with Crippen LogP contribution in [0.3, 0.4) is 0 Å². The van der Waals surface area contributed by atoms with E-state index in [1.807, 2.05) is 30.3 Å². The summed E-state index contributed by atoms with van der Waals surface area (Å²) in [6.07, 6.45) is 3.01. The van der Waals surface area contributed by atoms with E-state index in [0.717, 1.165) is 40.7 Å². The van der Waals surface area contributed by atoms with Crippen molar-refractivity contribution < 1.29 is 9.84 Å². The number of para-hydroxylation sites is 1. The molecule has 0 saturated carbocycles. The van der Waals surface area contributed by atoms with Gasteiger partial charge in [0.05, 0.1) is 29.9 Å². The van der Waals surface area contributed by atoms with E-state index >= 15 is 0 Å². The van der Waals surface area contributed by atoms with Crippen LogP contribution in [-0.2, 0) is 5.60 Å². The molecular formula is C22H21N3O2. The first-order valence-corrected chi connectivity index (χ1v) is 9.06. The predicted octanol–water partition coefficient (Wildman–Crippen LogP) is 3.35. The van der Waals surface area contributed by atoms with Gasteiger partial charge in [-0.15, -0.1) is 0 Å². The van der Waals surface area contributed by atoms with Gasteiger partial charge in [-0.3, -0.25) is 4.98 Å². The number of benzene rings is 2. The summed E-state index contributed by atoms with van der Waals surface area (Å²) in [5.41, 5.74) is 3.22. The standard InChI is InChI=1S/C22H21N3O2/c1-27-21-18-4-2-3-17(16-7-5-15(13-23)6-8-16)20(18)25-14-19(21)22(26)9-11-24-12-10-22/h2-8,14,24,26H,9-12H2,1H3. The SMILES string of the molecule is COc1c(C2(O)CCNCC2)cnc2c(-c3ccc(C#N)cc3)cccc12. The largest absolute Gasteiger partial charge is 0.496 e. The Labute approximate surface area is 158 Å². The Morgan fingerprint density at radius 2 is 1.89 bits per heavy atom. The van der Waals surface area contributed by atoms with Gasteiger partial charge in [0, 0.05) is 22.7 Å². The van der Waals surface area contributed by atoms with E-state index in [4.69, 9.17) is 15.0 Å². The topological polar surface area (TPSA) is 78.2 Å². The highest BCUT2D eigenvalue weighted by atomic mass is 16.5. The zero-order valence-electron chi connectivity index (χ0n) is 15.2. The van der Waals surface area contributed by atoms with E-state index in [1.54, 1.807) is 25.4 Å². The Morgan fingerprint density at radius 1 is 1.15 bits per heavy atom. The third-order valence-corrected chi connectivity index (χ3v) is 5.31. The van der Waals surface area contributed by atoms with Crippen LogP contribution in [-0.4, -0.2) is 30.3 Å². The lowest BCUT2D eigenvalue weighted by Gasteiger charge is -2.34. The number of rotatable bonds is 3.